The van der Waals surface area contributed by atoms with Gasteiger partial charge in [0.15, 0.2) is 0 Å². The Kier molecular flexibility index (Phi) is 6.00. The van der Waals surface area contributed by atoms with E-state index in [1.54, 1.807) is 0 Å². The van der Waals surface area contributed by atoms with Gasteiger partial charge in [0.1, 0.15) is 16.8 Å². The lowest BCUT2D eigenvalue weighted by Crippen LogP contribution is -2.11. The molecule has 0 aliphatic carbocycles. The second kappa shape index (κ2) is 7.40. The van der Waals surface area contributed by atoms with E-state index in [0.29, 0.717) is 6.61 Å². The van der Waals surface area contributed by atoms with Crippen LogP contribution in [0.5, 0.6) is 0 Å². The largest absolute Gasteiger partial charge is 0.404 e. The Labute approximate surface area is 94.5 Å². The van der Waals surface area contributed by atoms with Gasteiger partial charge in [0, 0.05) is 0 Å². The average Bonchev–Trinajstić information content (AvgIpc) is 2.29. The summed E-state index contributed by atoms with van der Waals surface area (Å²) in [6.07, 6.45) is 5.09. The molecule has 15 heavy (non-hydrogen) atoms. The van der Waals surface area contributed by atoms with Crippen molar-refractivity contribution in [2.45, 2.75) is 19.6 Å². The van der Waals surface area contributed by atoms with Crippen LogP contribution >= 0.6 is 0 Å². The SMILES string of the molecule is CC(O[SiH3])OCCC=Cc1ccccc1. The highest BCUT2D eigenvalue weighted by Gasteiger charge is 1.94. The maximum atomic E-state index is 5.39. The molecule has 0 spiro atoms. The van der Waals surface area contributed by atoms with Gasteiger partial charge in [-0.15, -0.1) is 0 Å². The molecule has 0 fully saturated rings. The smallest absolute Gasteiger partial charge is 0.149 e. The zero-order chi connectivity index (χ0) is 10.9. The van der Waals surface area contributed by atoms with Crippen LogP contribution in [-0.4, -0.2) is 23.4 Å². The van der Waals surface area contributed by atoms with Gasteiger partial charge in [0.05, 0.1) is 6.61 Å². The van der Waals surface area contributed by atoms with E-state index in [2.05, 4.69) is 24.3 Å². The summed E-state index contributed by atoms with van der Waals surface area (Å²) < 4.78 is 10.5. The van der Waals surface area contributed by atoms with E-state index in [1.807, 2.05) is 25.1 Å². The molecule has 1 aromatic carbocycles. The van der Waals surface area contributed by atoms with Crippen LogP contribution in [-0.2, 0) is 9.16 Å². The lowest BCUT2D eigenvalue weighted by atomic mass is 10.2. The first-order valence-corrected chi connectivity index (χ1v) is 6.00. The van der Waals surface area contributed by atoms with Gasteiger partial charge in [0.2, 0.25) is 0 Å². The highest BCUT2D eigenvalue weighted by atomic mass is 28.2. The average molecular weight is 222 g/mol. The summed E-state index contributed by atoms with van der Waals surface area (Å²) in [5, 5.41) is 0. The zero-order valence-corrected chi connectivity index (χ0v) is 11.3. The van der Waals surface area contributed by atoms with E-state index in [4.69, 9.17) is 9.16 Å². The van der Waals surface area contributed by atoms with Crippen LogP contribution in [0.4, 0.5) is 0 Å². The first-order valence-electron chi connectivity index (χ1n) is 5.19. The third-order valence-electron chi connectivity index (χ3n) is 2.08. The highest BCUT2D eigenvalue weighted by molar-refractivity contribution is 5.98. The molecule has 0 N–H and O–H groups in total. The summed E-state index contributed by atoms with van der Waals surface area (Å²) in [4.78, 5) is 0. The van der Waals surface area contributed by atoms with Crippen molar-refractivity contribution in [2.24, 2.45) is 0 Å². The van der Waals surface area contributed by atoms with Gasteiger partial charge >= 0.3 is 0 Å². The second-order valence-corrected chi connectivity index (χ2v) is 3.75. The summed E-state index contributed by atoms with van der Waals surface area (Å²) in [5.74, 6) is 0. The minimum absolute atomic E-state index is 0.0539. The van der Waals surface area contributed by atoms with Crippen LogP contribution in [0.2, 0.25) is 0 Å². The van der Waals surface area contributed by atoms with Crippen molar-refractivity contribution in [3.05, 3.63) is 42.0 Å². The highest BCUT2D eigenvalue weighted by Crippen LogP contribution is 2.02. The predicted molar refractivity (Wildman–Crippen MR) is 66.5 cm³/mol. The van der Waals surface area contributed by atoms with Gasteiger partial charge in [-0.1, -0.05) is 42.5 Å². The van der Waals surface area contributed by atoms with Crippen LogP contribution in [0.15, 0.2) is 36.4 Å². The number of rotatable bonds is 6. The summed E-state index contributed by atoms with van der Waals surface area (Å²) >= 11 is 0. The Balaban J connectivity index is 2.18. The normalized spacial score (nSPS) is 13.4. The molecule has 0 aliphatic heterocycles. The molecule has 0 aromatic heterocycles. The maximum absolute atomic E-state index is 5.39. The van der Waals surface area contributed by atoms with Gasteiger partial charge < -0.3 is 9.16 Å². The van der Waals surface area contributed by atoms with Crippen LogP contribution in [0, 0.1) is 0 Å². The molecule has 0 amide bonds. The molecule has 1 unspecified atom stereocenters. The number of hydrogen-bond donors (Lipinski definition) is 0. The molecule has 0 aliphatic rings. The van der Waals surface area contributed by atoms with E-state index < -0.39 is 0 Å². The van der Waals surface area contributed by atoms with E-state index in [-0.39, 0.29) is 6.29 Å². The van der Waals surface area contributed by atoms with Gasteiger partial charge in [-0.3, -0.25) is 0 Å². The lowest BCUT2D eigenvalue weighted by molar-refractivity contribution is -0.0609. The summed E-state index contributed by atoms with van der Waals surface area (Å²) in [7, 11) is 0.729. The molecule has 0 saturated heterocycles. The van der Waals surface area contributed by atoms with Crippen LogP contribution in [0.1, 0.15) is 18.9 Å². The number of ether oxygens (including phenoxy) is 1. The van der Waals surface area contributed by atoms with Crippen LogP contribution in [0.3, 0.4) is 0 Å². The molecule has 0 saturated carbocycles. The minimum Gasteiger partial charge on any atom is -0.404 e. The van der Waals surface area contributed by atoms with E-state index >= 15 is 0 Å². The number of hydrogen-bond acceptors (Lipinski definition) is 2. The summed E-state index contributed by atoms with van der Waals surface area (Å²) in [6.45, 7) is 2.64. The third kappa shape index (κ3) is 5.52. The standard InChI is InChI=1S/C12H18O2Si/c1-11(14-15)13-10-6-5-9-12-7-3-2-4-8-12/h2-5,7-9,11H,6,10H2,1,15H3. The molecule has 0 heterocycles. The molecule has 1 atom stereocenters. The van der Waals surface area contributed by atoms with E-state index in [9.17, 15) is 0 Å². The van der Waals surface area contributed by atoms with Gasteiger partial charge in [0.25, 0.3) is 0 Å². The zero-order valence-electron chi connectivity index (χ0n) is 9.35. The van der Waals surface area contributed by atoms with Crippen molar-refractivity contribution in [3.63, 3.8) is 0 Å². The second-order valence-electron chi connectivity index (χ2n) is 3.28. The lowest BCUT2D eigenvalue weighted by Gasteiger charge is -2.09. The molecule has 1 rings (SSSR count). The van der Waals surface area contributed by atoms with Crippen molar-refractivity contribution in [1.82, 2.24) is 0 Å². The quantitative estimate of drug-likeness (QED) is 0.415. The molecule has 2 nitrogen and oxygen atoms in total. The Morgan fingerprint density at radius 2 is 2.07 bits per heavy atom. The summed E-state index contributed by atoms with van der Waals surface area (Å²) in [5.41, 5.74) is 1.23. The van der Waals surface area contributed by atoms with Gasteiger partial charge in [-0.25, -0.2) is 0 Å². The van der Waals surface area contributed by atoms with Crippen molar-refractivity contribution in [2.75, 3.05) is 6.61 Å². The van der Waals surface area contributed by atoms with E-state index in [1.165, 1.54) is 5.56 Å². The molecule has 82 valence electrons. The third-order valence-corrected chi connectivity index (χ3v) is 2.74. The fourth-order valence-electron chi connectivity index (χ4n) is 1.15. The number of benzene rings is 1. The Morgan fingerprint density at radius 1 is 1.33 bits per heavy atom. The predicted octanol–water partition coefficient (Wildman–Crippen LogP) is 1.75. The van der Waals surface area contributed by atoms with Crippen molar-refractivity contribution >= 4 is 16.6 Å². The molecular formula is C12H18O2Si. The minimum atomic E-state index is -0.0539. The maximum Gasteiger partial charge on any atom is 0.149 e. The molecule has 1 aromatic rings. The topological polar surface area (TPSA) is 18.5 Å². The van der Waals surface area contributed by atoms with Gasteiger partial charge in [-0.05, 0) is 18.9 Å². The fourth-order valence-corrected chi connectivity index (χ4v) is 1.29. The first kappa shape index (κ1) is 12.2. The van der Waals surface area contributed by atoms with Gasteiger partial charge in [-0.2, -0.15) is 0 Å². The Hall–Kier alpha value is -0.903. The van der Waals surface area contributed by atoms with E-state index in [0.717, 1.165) is 16.9 Å². The molecule has 0 radical (unpaired) electrons. The summed E-state index contributed by atoms with van der Waals surface area (Å²) in [6, 6.07) is 10.3. The van der Waals surface area contributed by atoms with Crippen molar-refractivity contribution in [3.8, 4) is 0 Å². The first-order chi connectivity index (χ1) is 7.33. The van der Waals surface area contributed by atoms with Crippen molar-refractivity contribution in [1.29, 1.82) is 0 Å². The van der Waals surface area contributed by atoms with Crippen LogP contribution in [0.25, 0.3) is 6.08 Å². The monoisotopic (exact) mass is 222 g/mol. The Bertz CT molecular complexity index is 285. The fraction of sp³-hybridized carbons (Fsp3) is 0.333. The van der Waals surface area contributed by atoms with Crippen LogP contribution < -0.4 is 0 Å². The molecular weight excluding hydrogens is 204 g/mol. The van der Waals surface area contributed by atoms with Crippen molar-refractivity contribution < 1.29 is 9.16 Å². The Morgan fingerprint density at radius 3 is 2.73 bits per heavy atom. The molecule has 3 heteroatoms. The molecule has 0 bridgehead atoms.